The number of likely N-dealkylation sites (tertiary alicyclic amines) is 1. The summed E-state index contributed by atoms with van der Waals surface area (Å²) in [6.07, 6.45) is 0.946. The molecule has 19 heavy (non-hydrogen) atoms. The van der Waals surface area contributed by atoms with E-state index < -0.39 is 5.97 Å². The molecule has 1 fully saturated rings. The molecule has 2 rings (SSSR count). The second-order valence-electron chi connectivity index (χ2n) is 5.25. The number of ether oxygens (including phenoxy) is 1. The molecule has 1 aromatic rings. The first-order valence-corrected chi connectivity index (χ1v) is 6.74. The Bertz CT molecular complexity index is 430. The summed E-state index contributed by atoms with van der Waals surface area (Å²) in [6.45, 7) is 6.07. The van der Waals surface area contributed by atoms with Crippen molar-refractivity contribution in [3.63, 3.8) is 0 Å². The van der Waals surface area contributed by atoms with Crippen molar-refractivity contribution in [1.82, 2.24) is 4.90 Å². The monoisotopic (exact) mass is 263 g/mol. The molecule has 2 unspecified atom stereocenters. The summed E-state index contributed by atoms with van der Waals surface area (Å²) in [4.78, 5) is 13.2. The normalized spacial score (nSPS) is 23.5. The van der Waals surface area contributed by atoms with Gasteiger partial charge in [0.05, 0.1) is 0 Å². The number of carboxylic acid groups (broad SMARTS) is 1. The molecule has 0 aliphatic carbocycles. The van der Waals surface area contributed by atoms with Gasteiger partial charge in [-0.15, -0.1) is 0 Å². The van der Waals surface area contributed by atoms with Crippen LogP contribution < -0.4 is 4.74 Å². The quantitative estimate of drug-likeness (QED) is 0.884. The van der Waals surface area contributed by atoms with Crippen molar-refractivity contribution >= 4 is 5.97 Å². The van der Waals surface area contributed by atoms with Gasteiger partial charge in [-0.05, 0) is 37.9 Å². The van der Waals surface area contributed by atoms with E-state index in [0.29, 0.717) is 13.2 Å². The summed E-state index contributed by atoms with van der Waals surface area (Å²) < 4.78 is 5.65. The Morgan fingerprint density at radius 3 is 2.74 bits per heavy atom. The molecule has 0 radical (unpaired) electrons. The standard InChI is InChI=1S/C15H21NO3/c1-11-3-5-13(6-4-11)19-10-9-16-8-7-12(2)14(16)15(17)18/h3-6,12,14H,7-10H2,1-2H3,(H,17,18). The number of benzene rings is 1. The van der Waals surface area contributed by atoms with E-state index in [9.17, 15) is 9.90 Å². The number of carbonyl (C=O) groups is 1. The molecule has 0 saturated carbocycles. The van der Waals surface area contributed by atoms with Gasteiger partial charge >= 0.3 is 5.97 Å². The van der Waals surface area contributed by atoms with Crippen molar-refractivity contribution in [3.05, 3.63) is 29.8 Å². The van der Waals surface area contributed by atoms with Crippen molar-refractivity contribution < 1.29 is 14.6 Å². The molecule has 1 N–H and O–H groups in total. The second-order valence-corrected chi connectivity index (χ2v) is 5.25. The maximum atomic E-state index is 11.2. The number of hydrogen-bond acceptors (Lipinski definition) is 3. The van der Waals surface area contributed by atoms with E-state index in [2.05, 4.69) is 0 Å². The highest BCUT2D eigenvalue weighted by Crippen LogP contribution is 2.23. The lowest BCUT2D eigenvalue weighted by molar-refractivity contribution is -0.143. The lowest BCUT2D eigenvalue weighted by atomic mass is 10.0. The van der Waals surface area contributed by atoms with Crippen LogP contribution in [0.25, 0.3) is 0 Å². The Hall–Kier alpha value is -1.55. The zero-order chi connectivity index (χ0) is 13.8. The van der Waals surface area contributed by atoms with Gasteiger partial charge in [0.2, 0.25) is 0 Å². The van der Waals surface area contributed by atoms with Gasteiger partial charge in [0.15, 0.2) is 0 Å². The molecule has 104 valence electrons. The molecule has 1 aliphatic rings. The van der Waals surface area contributed by atoms with Crippen LogP contribution in [0.4, 0.5) is 0 Å². The van der Waals surface area contributed by atoms with Crippen LogP contribution in [0, 0.1) is 12.8 Å². The second kappa shape index (κ2) is 6.06. The molecule has 1 heterocycles. The number of hydrogen-bond donors (Lipinski definition) is 1. The predicted molar refractivity (Wildman–Crippen MR) is 73.5 cm³/mol. The van der Waals surface area contributed by atoms with Crippen LogP contribution in [0.3, 0.4) is 0 Å². The molecule has 2 atom stereocenters. The van der Waals surface area contributed by atoms with Crippen LogP contribution in [0.5, 0.6) is 5.75 Å². The van der Waals surface area contributed by atoms with E-state index in [-0.39, 0.29) is 12.0 Å². The zero-order valence-electron chi connectivity index (χ0n) is 11.5. The molecular weight excluding hydrogens is 242 g/mol. The molecule has 4 heteroatoms. The minimum absolute atomic E-state index is 0.219. The molecule has 0 aromatic heterocycles. The third kappa shape index (κ3) is 3.47. The minimum atomic E-state index is -0.722. The van der Waals surface area contributed by atoms with Crippen LogP contribution in [0.2, 0.25) is 0 Å². The van der Waals surface area contributed by atoms with Crippen LogP contribution in [-0.2, 0) is 4.79 Å². The average molecular weight is 263 g/mol. The predicted octanol–water partition coefficient (Wildman–Crippen LogP) is 2.17. The Balaban J connectivity index is 1.82. The van der Waals surface area contributed by atoms with Gasteiger partial charge in [-0.3, -0.25) is 9.69 Å². The van der Waals surface area contributed by atoms with Gasteiger partial charge in [-0.1, -0.05) is 24.6 Å². The molecule has 1 aliphatic heterocycles. The fraction of sp³-hybridized carbons (Fsp3) is 0.533. The van der Waals surface area contributed by atoms with Crippen LogP contribution >= 0.6 is 0 Å². The molecule has 0 amide bonds. The van der Waals surface area contributed by atoms with Crippen molar-refractivity contribution in [2.24, 2.45) is 5.92 Å². The summed E-state index contributed by atoms with van der Waals surface area (Å²) in [7, 11) is 0. The first kappa shape index (κ1) is 13.9. The number of aliphatic carboxylic acids is 1. The van der Waals surface area contributed by atoms with E-state index >= 15 is 0 Å². The van der Waals surface area contributed by atoms with E-state index in [0.717, 1.165) is 18.7 Å². The van der Waals surface area contributed by atoms with Gasteiger partial charge in [0, 0.05) is 6.54 Å². The molecular formula is C15H21NO3. The van der Waals surface area contributed by atoms with E-state index in [1.807, 2.05) is 43.0 Å². The zero-order valence-corrected chi connectivity index (χ0v) is 11.5. The van der Waals surface area contributed by atoms with Gasteiger partial charge < -0.3 is 9.84 Å². The van der Waals surface area contributed by atoms with Crippen LogP contribution in [0.1, 0.15) is 18.9 Å². The molecule has 1 aromatic carbocycles. The van der Waals surface area contributed by atoms with Crippen LogP contribution in [-0.4, -0.2) is 41.7 Å². The average Bonchev–Trinajstić information content (AvgIpc) is 2.73. The fourth-order valence-corrected chi connectivity index (χ4v) is 2.59. The Morgan fingerprint density at radius 2 is 2.11 bits per heavy atom. The number of aryl methyl sites for hydroxylation is 1. The summed E-state index contributed by atoms with van der Waals surface area (Å²) in [5, 5.41) is 9.22. The lowest BCUT2D eigenvalue weighted by Crippen LogP contribution is -2.41. The van der Waals surface area contributed by atoms with Crippen molar-refractivity contribution in [1.29, 1.82) is 0 Å². The van der Waals surface area contributed by atoms with Gasteiger partial charge in [-0.25, -0.2) is 0 Å². The third-order valence-corrected chi connectivity index (χ3v) is 3.73. The van der Waals surface area contributed by atoms with Gasteiger partial charge in [0.25, 0.3) is 0 Å². The Morgan fingerprint density at radius 1 is 1.42 bits per heavy atom. The fourth-order valence-electron chi connectivity index (χ4n) is 2.59. The van der Waals surface area contributed by atoms with E-state index in [1.165, 1.54) is 5.56 Å². The maximum Gasteiger partial charge on any atom is 0.321 e. The Kier molecular flexibility index (Phi) is 4.43. The largest absolute Gasteiger partial charge is 0.492 e. The van der Waals surface area contributed by atoms with Crippen molar-refractivity contribution in [3.8, 4) is 5.75 Å². The topological polar surface area (TPSA) is 49.8 Å². The summed E-state index contributed by atoms with van der Waals surface area (Å²) in [5.74, 6) is 0.335. The van der Waals surface area contributed by atoms with Gasteiger partial charge in [0.1, 0.15) is 18.4 Å². The lowest BCUT2D eigenvalue weighted by Gasteiger charge is -2.22. The Labute approximate surface area is 114 Å². The van der Waals surface area contributed by atoms with Crippen molar-refractivity contribution in [2.45, 2.75) is 26.3 Å². The minimum Gasteiger partial charge on any atom is -0.492 e. The highest BCUT2D eigenvalue weighted by Gasteiger charge is 2.36. The highest BCUT2D eigenvalue weighted by molar-refractivity contribution is 5.74. The molecule has 4 nitrogen and oxygen atoms in total. The summed E-state index contributed by atoms with van der Waals surface area (Å²) in [6, 6.07) is 7.54. The van der Waals surface area contributed by atoms with Gasteiger partial charge in [-0.2, -0.15) is 0 Å². The highest BCUT2D eigenvalue weighted by atomic mass is 16.5. The summed E-state index contributed by atoms with van der Waals surface area (Å²) in [5.41, 5.74) is 1.20. The number of nitrogens with zero attached hydrogens (tertiary/aromatic N) is 1. The maximum absolute atomic E-state index is 11.2. The van der Waals surface area contributed by atoms with E-state index in [4.69, 9.17) is 4.74 Å². The summed E-state index contributed by atoms with van der Waals surface area (Å²) >= 11 is 0. The number of carboxylic acids is 1. The van der Waals surface area contributed by atoms with Crippen molar-refractivity contribution in [2.75, 3.05) is 19.7 Å². The smallest absolute Gasteiger partial charge is 0.321 e. The van der Waals surface area contributed by atoms with Crippen LogP contribution in [0.15, 0.2) is 24.3 Å². The molecule has 0 bridgehead atoms. The first-order valence-electron chi connectivity index (χ1n) is 6.74. The first-order chi connectivity index (χ1) is 9.08. The number of rotatable bonds is 5. The molecule has 0 spiro atoms. The van der Waals surface area contributed by atoms with E-state index in [1.54, 1.807) is 0 Å². The third-order valence-electron chi connectivity index (χ3n) is 3.73. The molecule has 1 saturated heterocycles. The SMILES string of the molecule is Cc1ccc(OCCN2CCC(C)C2C(=O)O)cc1.